The van der Waals surface area contributed by atoms with Crippen LogP contribution in [0.5, 0.6) is 5.75 Å². The van der Waals surface area contributed by atoms with Gasteiger partial charge in [0.15, 0.2) is 0 Å². The largest absolute Gasteiger partial charge is 0.491 e. The molecule has 0 unspecified atom stereocenters. The summed E-state index contributed by atoms with van der Waals surface area (Å²) < 4.78 is 11.6. The van der Waals surface area contributed by atoms with Gasteiger partial charge >= 0.3 is 0 Å². The number of nitrogens with one attached hydrogen (secondary N) is 2. The van der Waals surface area contributed by atoms with E-state index < -0.39 is 0 Å². The van der Waals surface area contributed by atoms with Crippen molar-refractivity contribution in [1.29, 1.82) is 0 Å². The maximum atomic E-state index is 13.3. The zero-order valence-corrected chi connectivity index (χ0v) is 18.6. The van der Waals surface area contributed by atoms with E-state index in [1.807, 2.05) is 6.07 Å². The van der Waals surface area contributed by atoms with Gasteiger partial charge in [-0.05, 0) is 43.9 Å². The molecule has 1 aromatic rings. The van der Waals surface area contributed by atoms with Gasteiger partial charge in [0.05, 0.1) is 11.7 Å². The number of amides is 2. The summed E-state index contributed by atoms with van der Waals surface area (Å²) in [5.74, 6) is 0.730. The molecule has 1 heterocycles. The number of likely N-dealkylation sites (N-methyl/N-ethyl adjacent to an activating group) is 1. The van der Waals surface area contributed by atoms with Crippen molar-refractivity contribution in [1.82, 2.24) is 10.2 Å². The van der Waals surface area contributed by atoms with E-state index in [0.29, 0.717) is 30.2 Å². The number of fused-ring (bicyclic) bond motifs is 1. The summed E-state index contributed by atoms with van der Waals surface area (Å²) >= 11 is 0. The number of benzene rings is 1. The number of hydrogen-bond acceptors (Lipinski definition) is 5. The Balaban J connectivity index is 1.85. The van der Waals surface area contributed by atoms with Crippen LogP contribution in [0.4, 0.5) is 5.69 Å². The Kier molecular flexibility index (Phi) is 7.72. The Bertz CT molecular complexity index is 748. The molecule has 1 aliphatic carbocycles. The maximum Gasteiger partial charge on any atom is 0.257 e. The first kappa shape index (κ1) is 22.6. The van der Waals surface area contributed by atoms with Gasteiger partial charge in [-0.1, -0.05) is 19.8 Å². The lowest BCUT2D eigenvalue weighted by molar-refractivity contribution is -0.119. The molecule has 1 fully saturated rings. The molecule has 1 aromatic carbocycles. The molecule has 0 radical (unpaired) electrons. The lowest BCUT2D eigenvalue weighted by atomic mass is 10.0. The van der Waals surface area contributed by atoms with Gasteiger partial charge in [0.25, 0.3) is 5.91 Å². The summed E-state index contributed by atoms with van der Waals surface area (Å²) in [5, 5.41) is 6.46. The molecule has 0 spiro atoms. The van der Waals surface area contributed by atoms with E-state index >= 15 is 0 Å². The minimum absolute atomic E-state index is 0.0356. The molecule has 166 valence electrons. The minimum Gasteiger partial charge on any atom is -0.491 e. The number of anilines is 1. The first-order valence-corrected chi connectivity index (χ1v) is 11.0. The monoisotopic (exact) mass is 417 g/mol. The molecule has 30 heavy (non-hydrogen) atoms. The number of rotatable bonds is 3. The van der Waals surface area contributed by atoms with Crippen LogP contribution in [0.15, 0.2) is 18.2 Å². The zero-order chi connectivity index (χ0) is 21.7. The predicted molar refractivity (Wildman–Crippen MR) is 117 cm³/mol. The average Bonchev–Trinajstić information content (AvgIpc) is 3.28. The molecule has 0 saturated heterocycles. The summed E-state index contributed by atoms with van der Waals surface area (Å²) in [6, 6.07) is 5.45. The fourth-order valence-electron chi connectivity index (χ4n) is 4.17. The third-order valence-corrected chi connectivity index (χ3v) is 6.22. The summed E-state index contributed by atoms with van der Waals surface area (Å²) in [6.07, 6.45) is 3.99. The molecule has 3 atom stereocenters. The molecule has 2 aliphatic rings. The second-order valence-electron chi connectivity index (χ2n) is 8.74. The summed E-state index contributed by atoms with van der Waals surface area (Å²) in [4.78, 5) is 27.5. The van der Waals surface area contributed by atoms with Crippen molar-refractivity contribution in [3.05, 3.63) is 23.8 Å². The van der Waals surface area contributed by atoms with Crippen molar-refractivity contribution in [2.45, 2.75) is 51.7 Å². The highest BCUT2D eigenvalue weighted by Gasteiger charge is 2.27. The van der Waals surface area contributed by atoms with Crippen LogP contribution in [-0.2, 0) is 9.53 Å². The summed E-state index contributed by atoms with van der Waals surface area (Å²) in [7, 11) is 3.46. The fourth-order valence-corrected chi connectivity index (χ4v) is 4.17. The van der Waals surface area contributed by atoms with Crippen molar-refractivity contribution >= 4 is 17.5 Å². The van der Waals surface area contributed by atoms with E-state index in [1.165, 1.54) is 0 Å². The number of methoxy groups -OCH3 is 1. The topological polar surface area (TPSA) is 79.9 Å². The van der Waals surface area contributed by atoms with E-state index in [9.17, 15) is 9.59 Å². The lowest BCUT2D eigenvalue weighted by Crippen LogP contribution is -2.44. The van der Waals surface area contributed by atoms with Crippen molar-refractivity contribution in [2.24, 2.45) is 11.8 Å². The molecule has 3 rings (SSSR count). The summed E-state index contributed by atoms with van der Waals surface area (Å²) in [5.41, 5.74) is 1.09. The maximum absolute atomic E-state index is 13.3. The van der Waals surface area contributed by atoms with Crippen molar-refractivity contribution in [3.8, 4) is 5.75 Å². The van der Waals surface area contributed by atoms with E-state index in [0.717, 1.165) is 32.2 Å². The van der Waals surface area contributed by atoms with Gasteiger partial charge in [-0.3, -0.25) is 9.59 Å². The Labute approximate surface area is 179 Å². The summed E-state index contributed by atoms with van der Waals surface area (Å²) in [6.45, 7) is 5.88. The fraction of sp³-hybridized carbons (Fsp3) is 0.652. The highest BCUT2D eigenvalue weighted by molar-refractivity contribution is 5.99. The number of nitrogens with zero attached hydrogens (tertiary/aromatic N) is 1. The van der Waals surface area contributed by atoms with Crippen molar-refractivity contribution in [2.75, 3.05) is 39.2 Å². The highest BCUT2D eigenvalue weighted by atomic mass is 16.5. The smallest absolute Gasteiger partial charge is 0.257 e. The molecule has 0 bridgehead atoms. The number of carbonyl (C=O) groups is 2. The molecule has 2 amide bonds. The molecule has 7 nitrogen and oxygen atoms in total. The first-order valence-electron chi connectivity index (χ1n) is 11.0. The number of ether oxygens (including phenoxy) is 2. The molecule has 2 N–H and O–H groups in total. The van der Waals surface area contributed by atoms with Crippen LogP contribution >= 0.6 is 0 Å². The van der Waals surface area contributed by atoms with E-state index in [1.54, 1.807) is 31.2 Å². The van der Waals surface area contributed by atoms with Gasteiger partial charge in [-0.2, -0.15) is 0 Å². The van der Waals surface area contributed by atoms with E-state index in [-0.39, 0.29) is 35.8 Å². The molecule has 1 saturated carbocycles. The Hall–Kier alpha value is -2.12. The zero-order valence-electron chi connectivity index (χ0n) is 18.6. The normalized spacial score (nSPS) is 26.3. The van der Waals surface area contributed by atoms with Crippen LogP contribution in [0.2, 0.25) is 0 Å². The highest BCUT2D eigenvalue weighted by Crippen LogP contribution is 2.28. The Morgan fingerprint density at radius 1 is 1.27 bits per heavy atom. The lowest BCUT2D eigenvalue weighted by Gasteiger charge is -2.30. The quantitative estimate of drug-likeness (QED) is 0.791. The van der Waals surface area contributed by atoms with Crippen LogP contribution < -0.4 is 15.4 Å². The second-order valence-corrected chi connectivity index (χ2v) is 8.74. The molecular formula is C23H35N3O4. The van der Waals surface area contributed by atoms with E-state index in [2.05, 4.69) is 24.5 Å². The average molecular weight is 418 g/mol. The van der Waals surface area contributed by atoms with Gasteiger partial charge in [-0.15, -0.1) is 0 Å². The minimum atomic E-state index is -0.141. The van der Waals surface area contributed by atoms with Gasteiger partial charge in [0, 0.05) is 44.9 Å². The van der Waals surface area contributed by atoms with Crippen LogP contribution in [-0.4, -0.2) is 62.7 Å². The molecule has 1 aliphatic heterocycles. The predicted octanol–water partition coefficient (Wildman–Crippen LogP) is 2.91. The molecule has 0 aromatic heterocycles. The molecule has 7 heteroatoms. The standard InChI is InChI=1S/C23H35N3O4/c1-15-12-24-16(2)14-30-20-10-9-18(25-22(27)17-7-5-6-8-17)11-19(20)23(28)26(3)13-21(15)29-4/h9-11,15-17,21,24H,5-8,12-14H2,1-4H3,(H,25,27)/t15-,16-,21-/m0/s1. The van der Waals surface area contributed by atoms with Crippen LogP contribution in [0.25, 0.3) is 0 Å². The second kappa shape index (κ2) is 10.3. The first-order chi connectivity index (χ1) is 14.4. The SMILES string of the molecule is CO[C@H]1CN(C)C(=O)c2cc(NC(=O)C3CCCC3)ccc2OC[C@H](C)NC[C@@H]1C. The molecular weight excluding hydrogens is 382 g/mol. The van der Waals surface area contributed by atoms with Gasteiger partial charge in [-0.25, -0.2) is 0 Å². The van der Waals surface area contributed by atoms with Gasteiger partial charge in [0.1, 0.15) is 12.4 Å². The van der Waals surface area contributed by atoms with Crippen LogP contribution in [0.3, 0.4) is 0 Å². The Morgan fingerprint density at radius 2 is 2.00 bits per heavy atom. The van der Waals surface area contributed by atoms with Crippen molar-refractivity contribution in [3.63, 3.8) is 0 Å². The van der Waals surface area contributed by atoms with E-state index in [4.69, 9.17) is 9.47 Å². The van der Waals surface area contributed by atoms with Crippen LogP contribution in [0.1, 0.15) is 49.9 Å². The number of carbonyl (C=O) groups excluding carboxylic acids is 2. The van der Waals surface area contributed by atoms with Crippen LogP contribution in [0, 0.1) is 11.8 Å². The third kappa shape index (κ3) is 5.52. The van der Waals surface area contributed by atoms with Gasteiger partial charge in [0.2, 0.25) is 5.91 Å². The van der Waals surface area contributed by atoms with Crippen molar-refractivity contribution < 1.29 is 19.1 Å². The Morgan fingerprint density at radius 3 is 2.70 bits per heavy atom. The van der Waals surface area contributed by atoms with Gasteiger partial charge < -0.3 is 25.0 Å². The number of hydrogen-bond donors (Lipinski definition) is 2. The third-order valence-electron chi connectivity index (χ3n) is 6.22.